The maximum absolute atomic E-state index is 5.75. The fourth-order valence-corrected chi connectivity index (χ4v) is 2.23. The molecule has 0 heterocycles. The second-order valence-electron chi connectivity index (χ2n) is 5.74. The van der Waals surface area contributed by atoms with Crippen LogP contribution >= 0.6 is 0 Å². The van der Waals surface area contributed by atoms with Gasteiger partial charge in [0.1, 0.15) is 5.75 Å². The van der Waals surface area contributed by atoms with E-state index in [-0.39, 0.29) is 0 Å². The van der Waals surface area contributed by atoms with E-state index in [1.165, 1.54) is 16.9 Å². The van der Waals surface area contributed by atoms with E-state index < -0.39 is 0 Å². The zero-order chi connectivity index (χ0) is 15.8. The third kappa shape index (κ3) is 5.32. The highest BCUT2D eigenvalue weighted by molar-refractivity contribution is 5.54. The molecule has 1 N–H and O–H groups in total. The van der Waals surface area contributed by atoms with E-state index in [0.717, 1.165) is 31.7 Å². The molecular weight excluding hydrogens is 272 g/mol. The van der Waals surface area contributed by atoms with Crippen molar-refractivity contribution in [3.8, 4) is 5.75 Å². The summed E-state index contributed by atoms with van der Waals surface area (Å²) in [6.45, 7) is 3.82. The topological polar surface area (TPSA) is 24.5 Å². The lowest BCUT2D eigenvalue weighted by Crippen LogP contribution is -2.08. The number of hydrogen-bond acceptors (Lipinski definition) is 3. The van der Waals surface area contributed by atoms with Gasteiger partial charge in [-0.3, -0.25) is 0 Å². The fraction of sp³-hybridized carbons (Fsp3) is 0.368. The Bertz CT molecular complexity index is 564. The molecule has 0 amide bonds. The summed E-state index contributed by atoms with van der Waals surface area (Å²) in [5, 5.41) is 3.44. The van der Waals surface area contributed by atoms with E-state index in [0.29, 0.717) is 0 Å². The van der Waals surface area contributed by atoms with Gasteiger partial charge in [-0.05, 0) is 61.7 Å². The van der Waals surface area contributed by atoms with Crippen molar-refractivity contribution in [3.63, 3.8) is 0 Å². The van der Waals surface area contributed by atoms with Crippen LogP contribution in [-0.2, 0) is 0 Å². The molecule has 2 aromatic carbocycles. The number of nitrogens with one attached hydrogen (secondary N) is 1. The van der Waals surface area contributed by atoms with Crippen molar-refractivity contribution >= 4 is 11.4 Å². The molecule has 3 heteroatoms. The minimum Gasteiger partial charge on any atom is -0.494 e. The number of aryl methyl sites for hydroxylation is 1. The molecule has 2 aromatic rings. The lowest BCUT2D eigenvalue weighted by Gasteiger charge is -2.13. The van der Waals surface area contributed by atoms with Crippen molar-refractivity contribution in [1.29, 1.82) is 0 Å². The van der Waals surface area contributed by atoms with Crippen molar-refractivity contribution in [2.75, 3.05) is 37.5 Å². The van der Waals surface area contributed by atoms with Gasteiger partial charge in [-0.2, -0.15) is 0 Å². The van der Waals surface area contributed by atoms with Gasteiger partial charge in [0.05, 0.1) is 6.61 Å². The Morgan fingerprint density at radius 3 is 2.45 bits per heavy atom. The van der Waals surface area contributed by atoms with Crippen LogP contribution < -0.4 is 15.0 Å². The van der Waals surface area contributed by atoms with Crippen LogP contribution in [0.3, 0.4) is 0 Å². The first-order chi connectivity index (χ1) is 10.6. The summed E-state index contributed by atoms with van der Waals surface area (Å²) < 4.78 is 5.75. The molecule has 0 fully saturated rings. The molecule has 0 aromatic heterocycles. The normalized spacial score (nSPS) is 10.3. The standard InChI is InChI=1S/C19H26N2O/c1-16-7-6-8-19(15-16)22-14-5-4-13-20-17-9-11-18(12-10-17)21(2)3/h6-12,15,20H,4-5,13-14H2,1-3H3. The summed E-state index contributed by atoms with van der Waals surface area (Å²) in [7, 11) is 4.10. The molecule has 3 nitrogen and oxygen atoms in total. The maximum atomic E-state index is 5.75. The van der Waals surface area contributed by atoms with Gasteiger partial charge in [0.15, 0.2) is 0 Å². The fourth-order valence-electron chi connectivity index (χ4n) is 2.23. The maximum Gasteiger partial charge on any atom is 0.119 e. The van der Waals surface area contributed by atoms with E-state index in [4.69, 9.17) is 4.74 Å². The van der Waals surface area contributed by atoms with E-state index in [9.17, 15) is 0 Å². The Hall–Kier alpha value is -2.16. The molecular formula is C19H26N2O. The SMILES string of the molecule is Cc1cccc(OCCCCNc2ccc(N(C)C)cc2)c1. The van der Waals surface area contributed by atoms with Gasteiger partial charge >= 0.3 is 0 Å². The van der Waals surface area contributed by atoms with Gasteiger partial charge in [0, 0.05) is 32.0 Å². The molecule has 0 saturated carbocycles. The van der Waals surface area contributed by atoms with Crippen molar-refractivity contribution in [3.05, 3.63) is 54.1 Å². The summed E-state index contributed by atoms with van der Waals surface area (Å²) in [5.41, 5.74) is 3.63. The van der Waals surface area contributed by atoms with Crippen molar-refractivity contribution in [2.45, 2.75) is 19.8 Å². The molecule has 0 radical (unpaired) electrons. The van der Waals surface area contributed by atoms with Crippen molar-refractivity contribution in [1.82, 2.24) is 0 Å². The predicted molar refractivity (Wildman–Crippen MR) is 95.2 cm³/mol. The second-order valence-corrected chi connectivity index (χ2v) is 5.74. The van der Waals surface area contributed by atoms with Crippen LogP contribution in [0.15, 0.2) is 48.5 Å². The number of unbranched alkanes of at least 4 members (excludes halogenated alkanes) is 1. The highest BCUT2D eigenvalue weighted by Gasteiger charge is 1.97. The lowest BCUT2D eigenvalue weighted by atomic mass is 10.2. The molecule has 118 valence electrons. The minimum absolute atomic E-state index is 0.769. The average molecular weight is 298 g/mol. The number of nitrogens with zero attached hydrogens (tertiary/aromatic N) is 1. The molecule has 0 unspecified atom stereocenters. The van der Waals surface area contributed by atoms with Crippen LogP contribution in [0.5, 0.6) is 5.75 Å². The monoisotopic (exact) mass is 298 g/mol. The molecule has 22 heavy (non-hydrogen) atoms. The van der Waals surface area contributed by atoms with Gasteiger partial charge in [-0.1, -0.05) is 12.1 Å². The molecule has 0 saturated heterocycles. The van der Waals surface area contributed by atoms with Gasteiger partial charge in [-0.15, -0.1) is 0 Å². The van der Waals surface area contributed by atoms with E-state index in [1.807, 2.05) is 12.1 Å². The molecule has 0 atom stereocenters. The zero-order valence-corrected chi connectivity index (χ0v) is 13.8. The van der Waals surface area contributed by atoms with Crippen molar-refractivity contribution < 1.29 is 4.74 Å². The van der Waals surface area contributed by atoms with Crippen LogP contribution in [0.25, 0.3) is 0 Å². The third-order valence-corrected chi connectivity index (χ3v) is 3.54. The number of ether oxygens (including phenoxy) is 1. The van der Waals surface area contributed by atoms with Crippen LogP contribution in [0.2, 0.25) is 0 Å². The first-order valence-electron chi connectivity index (χ1n) is 7.86. The molecule has 2 rings (SSSR count). The summed E-state index contributed by atoms with van der Waals surface area (Å²) in [6, 6.07) is 16.7. The summed E-state index contributed by atoms with van der Waals surface area (Å²) in [5.74, 6) is 0.965. The predicted octanol–water partition coefficient (Wildman–Crippen LogP) is 4.33. The van der Waals surface area contributed by atoms with Gasteiger partial charge in [0.2, 0.25) is 0 Å². The Kier molecular flexibility index (Phi) is 6.13. The molecule has 0 spiro atoms. The van der Waals surface area contributed by atoms with Gasteiger partial charge in [0.25, 0.3) is 0 Å². The highest BCUT2D eigenvalue weighted by atomic mass is 16.5. The Balaban J connectivity index is 1.61. The van der Waals surface area contributed by atoms with E-state index in [1.54, 1.807) is 0 Å². The van der Waals surface area contributed by atoms with Gasteiger partial charge < -0.3 is 15.0 Å². The number of anilines is 2. The lowest BCUT2D eigenvalue weighted by molar-refractivity contribution is 0.308. The molecule has 0 aliphatic rings. The third-order valence-electron chi connectivity index (χ3n) is 3.54. The van der Waals surface area contributed by atoms with Crippen LogP contribution in [0, 0.1) is 6.92 Å². The summed E-state index contributed by atoms with van der Waals surface area (Å²) in [4.78, 5) is 2.10. The van der Waals surface area contributed by atoms with Crippen LogP contribution in [0.4, 0.5) is 11.4 Å². The zero-order valence-electron chi connectivity index (χ0n) is 13.8. The Labute approximate surface area is 133 Å². The first kappa shape index (κ1) is 16.2. The first-order valence-corrected chi connectivity index (χ1v) is 7.86. The number of hydrogen-bond donors (Lipinski definition) is 1. The van der Waals surface area contributed by atoms with E-state index >= 15 is 0 Å². The number of rotatable bonds is 8. The molecule has 0 aliphatic heterocycles. The van der Waals surface area contributed by atoms with Crippen LogP contribution in [-0.4, -0.2) is 27.2 Å². The molecule has 0 bridgehead atoms. The van der Waals surface area contributed by atoms with Crippen molar-refractivity contribution in [2.24, 2.45) is 0 Å². The quantitative estimate of drug-likeness (QED) is 0.734. The highest BCUT2D eigenvalue weighted by Crippen LogP contribution is 2.16. The minimum atomic E-state index is 0.769. The largest absolute Gasteiger partial charge is 0.494 e. The Morgan fingerprint density at radius 2 is 1.77 bits per heavy atom. The second kappa shape index (κ2) is 8.32. The average Bonchev–Trinajstić information content (AvgIpc) is 2.51. The van der Waals surface area contributed by atoms with E-state index in [2.05, 4.69) is 67.6 Å². The summed E-state index contributed by atoms with van der Waals surface area (Å²) >= 11 is 0. The summed E-state index contributed by atoms with van der Waals surface area (Å²) in [6.07, 6.45) is 2.15. The van der Waals surface area contributed by atoms with Gasteiger partial charge in [-0.25, -0.2) is 0 Å². The molecule has 0 aliphatic carbocycles. The number of benzene rings is 2. The Morgan fingerprint density at radius 1 is 1.00 bits per heavy atom. The smallest absolute Gasteiger partial charge is 0.119 e. The van der Waals surface area contributed by atoms with Crippen LogP contribution in [0.1, 0.15) is 18.4 Å².